The van der Waals surface area contributed by atoms with E-state index in [2.05, 4.69) is 45.4 Å². The molecule has 2 rings (SSSR count). The number of carbonyl (C=O) groups is 1. The van der Waals surface area contributed by atoms with Crippen LogP contribution in [0.4, 0.5) is 0 Å². The number of guanidine groups is 1. The summed E-state index contributed by atoms with van der Waals surface area (Å²) in [5, 5.41) is 11.8. The van der Waals surface area contributed by atoms with E-state index < -0.39 is 0 Å². The molecule has 1 amide bonds. The van der Waals surface area contributed by atoms with Crippen molar-refractivity contribution in [3.63, 3.8) is 0 Å². The molecule has 0 aliphatic heterocycles. The van der Waals surface area contributed by atoms with Crippen LogP contribution in [0, 0.1) is 11.8 Å². The summed E-state index contributed by atoms with van der Waals surface area (Å²) in [5.74, 6) is 1.78. The Balaban J connectivity index is 0.00000338. The molecular formula is C19H33IN4OS. The van der Waals surface area contributed by atoms with Crippen LogP contribution in [0.2, 0.25) is 0 Å². The minimum absolute atomic E-state index is 0. The lowest BCUT2D eigenvalue weighted by Gasteiger charge is -2.21. The first-order chi connectivity index (χ1) is 12.2. The number of rotatable bonds is 8. The molecule has 1 aliphatic carbocycles. The molecule has 7 heteroatoms. The number of thiophene rings is 1. The van der Waals surface area contributed by atoms with Gasteiger partial charge in [0.05, 0.1) is 0 Å². The van der Waals surface area contributed by atoms with Gasteiger partial charge in [0.1, 0.15) is 0 Å². The van der Waals surface area contributed by atoms with Gasteiger partial charge in [0.25, 0.3) is 0 Å². The number of nitrogens with one attached hydrogen (secondary N) is 3. The standard InChI is InChI=1S/C19H32N4OS.HI/c1-15(13-17-9-6-12-25-17)14-23-19(20-2)22-11-10-21-18(24)16-7-4-3-5-8-16;/h6,9,12,15-16H,3-5,7-8,10-11,13-14H2,1-2H3,(H,21,24)(H2,20,22,23);1H. The Hall–Kier alpha value is -0.830. The third-order valence-corrected chi connectivity index (χ3v) is 5.56. The largest absolute Gasteiger partial charge is 0.356 e. The minimum atomic E-state index is 0. The molecule has 1 aliphatic rings. The third kappa shape index (κ3) is 8.70. The number of hydrogen-bond donors (Lipinski definition) is 3. The first-order valence-corrected chi connectivity index (χ1v) is 10.3. The molecule has 1 unspecified atom stereocenters. The Morgan fingerprint density at radius 3 is 2.62 bits per heavy atom. The summed E-state index contributed by atoms with van der Waals surface area (Å²) in [6.07, 6.45) is 6.83. The molecule has 3 N–H and O–H groups in total. The highest BCUT2D eigenvalue weighted by Gasteiger charge is 2.20. The molecule has 1 aromatic rings. The third-order valence-electron chi connectivity index (χ3n) is 4.66. The first kappa shape index (κ1) is 23.2. The van der Waals surface area contributed by atoms with Crippen molar-refractivity contribution in [3.8, 4) is 0 Å². The fraction of sp³-hybridized carbons (Fsp3) is 0.684. The first-order valence-electron chi connectivity index (χ1n) is 9.43. The van der Waals surface area contributed by atoms with Gasteiger partial charge in [-0.25, -0.2) is 0 Å². The number of amides is 1. The Morgan fingerprint density at radius 2 is 1.96 bits per heavy atom. The molecule has 26 heavy (non-hydrogen) atoms. The molecule has 1 heterocycles. The van der Waals surface area contributed by atoms with Gasteiger partial charge in [0, 0.05) is 37.5 Å². The zero-order valence-corrected chi connectivity index (χ0v) is 19.1. The Morgan fingerprint density at radius 1 is 1.23 bits per heavy atom. The Kier molecular flexibility index (Phi) is 11.9. The van der Waals surface area contributed by atoms with Crippen LogP contribution in [-0.2, 0) is 11.2 Å². The van der Waals surface area contributed by atoms with Crippen LogP contribution in [0.3, 0.4) is 0 Å². The topological polar surface area (TPSA) is 65.5 Å². The molecule has 0 spiro atoms. The number of hydrogen-bond acceptors (Lipinski definition) is 3. The molecular weight excluding hydrogens is 459 g/mol. The van der Waals surface area contributed by atoms with Crippen molar-refractivity contribution >= 4 is 47.2 Å². The average molecular weight is 492 g/mol. The second kappa shape index (κ2) is 13.4. The predicted octanol–water partition coefficient (Wildman–Crippen LogP) is 3.41. The molecule has 0 saturated heterocycles. The summed E-state index contributed by atoms with van der Waals surface area (Å²) in [7, 11) is 1.78. The van der Waals surface area contributed by atoms with Crippen molar-refractivity contribution < 1.29 is 4.79 Å². The van der Waals surface area contributed by atoms with Gasteiger partial charge in [-0.1, -0.05) is 32.3 Å². The molecule has 0 bridgehead atoms. The summed E-state index contributed by atoms with van der Waals surface area (Å²) in [6.45, 7) is 4.45. The fourth-order valence-electron chi connectivity index (χ4n) is 3.21. The minimum Gasteiger partial charge on any atom is -0.356 e. The SMILES string of the molecule is CN=C(NCCNC(=O)C1CCCCC1)NCC(C)Cc1cccs1.I. The normalized spacial score (nSPS) is 16.5. The number of aliphatic imine (C=N–C) groups is 1. The lowest BCUT2D eigenvalue weighted by Crippen LogP contribution is -2.43. The predicted molar refractivity (Wildman–Crippen MR) is 122 cm³/mol. The number of halogens is 1. The molecule has 148 valence electrons. The van der Waals surface area contributed by atoms with Gasteiger partial charge in [-0.05, 0) is 36.6 Å². The number of nitrogens with zero attached hydrogens (tertiary/aromatic N) is 1. The zero-order valence-electron chi connectivity index (χ0n) is 15.9. The van der Waals surface area contributed by atoms with E-state index in [0.717, 1.165) is 31.8 Å². The second-order valence-electron chi connectivity index (χ2n) is 6.89. The van der Waals surface area contributed by atoms with Crippen LogP contribution in [0.15, 0.2) is 22.5 Å². The van der Waals surface area contributed by atoms with E-state index in [1.54, 1.807) is 7.05 Å². The lowest BCUT2D eigenvalue weighted by atomic mass is 9.89. The van der Waals surface area contributed by atoms with Crippen LogP contribution >= 0.6 is 35.3 Å². The Labute approximate surface area is 178 Å². The van der Waals surface area contributed by atoms with Crippen LogP contribution in [-0.4, -0.2) is 38.5 Å². The van der Waals surface area contributed by atoms with E-state index in [4.69, 9.17) is 0 Å². The van der Waals surface area contributed by atoms with Crippen molar-refractivity contribution in [2.75, 3.05) is 26.7 Å². The summed E-state index contributed by atoms with van der Waals surface area (Å²) in [6, 6.07) is 4.28. The monoisotopic (exact) mass is 492 g/mol. The van der Waals surface area contributed by atoms with Gasteiger partial charge in [0.2, 0.25) is 5.91 Å². The highest BCUT2D eigenvalue weighted by atomic mass is 127. The van der Waals surface area contributed by atoms with Gasteiger partial charge in [-0.3, -0.25) is 9.79 Å². The smallest absolute Gasteiger partial charge is 0.223 e. The van der Waals surface area contributed by atoms with Crippen LogP contribution in [0.1, 0.15) is 43.9 Å². The molecule has 0 aromatic carbocycles. The molecule has 1 fully saturated rings. The van der Waals surface area contributed by atoms with E-state index in [1.165, 1.54) is 24.1 Å². The van der Waals surface area contributed by atoms with Crippen LogP contribution in [0.5, 0.6) is 0 Å². The van der Waals surface area contributed by atoms with Crippen molar-refractivity contribution in [2.24, 2.45) is 16.8 Å². The molecule has 0 radical (unpaired) electrons. The maximum absolute atomic E-state index is 12.1. The van der Waals surface area contributed by atoms with Crippen molar-refractivity contribution in [1.29, 1.82) is 0 Å². The van der Waals surface area contributed by atoms with Gasteiger partial charge in [-0.2, -0.15) is 0 Å². The second-order valence-corrected chi connectivity index (χ2v) is 7.93. The summed E-state index contributed by atoms with van der Waals surface area (Å²) < 4.78 is 0. The molecule has 1 aromatic heterocycles. The Bertz CT molecular complexity index is 530. The van der Waals surface area contributed by atoms with Gasteiger partial charge >= 0.3 is 0 Å². The highest BCUT2D eigenvalue weighted by molar-refractivity contribution is 14.0. The quantitative estimate of drug-likeness (QED) is 0.226. The van der Waals surface area contributed by atoms with E-state index in [-0.39, 0.29) is 35.8 Å². The maximum atomic E-state index is 12.1. The van der Waals surface area contributed by atoms with Crippen molar-refractivity contribution in [3.05, 3.63) is 22.4 Å². The summed E-state index contributed by atoms with van der Waals surface area (Å²) >= 11 is 1.81. The van der Waals surface area contributed by atoms with Gasteiger partial charge < -0.3 is 16.0 Å². The lowest BCUT2D eigenvalue weighted by molar-refractivity contribution is -0.125. The van der Waals surface area contributed by atoms with E-state index >= 15 is 0 Å². The maximum Gasteiger partial charge on any atom is 0.223 e. The molecule has 5 nitrogen and oxygen atoms in total. The number of carbonyl (C=O) groups excluding carboxylic acids is 1. The van der Waals surface area contributed by atoms with Gasteiger partial charge in [0.15, 0.2) is 5.96 Å². The van der Waals surface area contributed by atoms with E-state index in [0.29, 0.717) is 19.0 Å². The highest BCUT2D eigenvalue weighted by Crippen LogP contribution is 2.23. The molecule has 1 saturated carbocycles. The summed E-state index contributed by atoms with van der Waals surface area (Å²) in [5.41, 5.74) is 0. The summed E-state index contributed by atoms with van der Waals surface area (Å²) in [4.78, 5) is 17.8. The molecule has 1 atom stereocenters. The van der Waals surface area contributed by atoms with Crippen LogP contribution in [0.25, 0.3) is 0 Å². The van der Waals surface area contributed by atoms with E-state index in [9.17, 15) is 4.79 Å². The van der Waals surface area contributed by atoms with Crippen LogP contribution < -0.4 is 16.0 Å². The fourth-order valence-corrected chi connectivity index (χ4v) is 4.08. The van der Waals surface area contributed by atoms with Crippen molar-refractivity contribution in [1.82, 2.24) is 16.0 Å². The van der Waals surface area contributed by atoms with Crippen molar-refractivity contribution in [2.45, 2.75) is 45.4 Å². The van der Waals surface area contributed by atoms with Gasteiger partial charge in [-0.15, -0.1) is 35.3 Å². The zero-order chi connectivity index (χ0) is 17.9. The van der Waals surface area contributed by atoms with E-state index in [1.807, 2.05) is 11.3 Å². The average Bonchev–Trinajstić information content (AvgIpc) is 3.14.